The lowest BCUT2D eigenvalue weighted by Gasteiger charge is -2.35. The van der Waals surface area contributed by atoms with Crippen LogP contribution in [0.5, 0.6) is 11.5 Å². The van der Waals surface area contributed by atoms with Gasteiger partial charge in [-0.05, 0) is 81.1 Å². The number of piperidine rings is 2. The summed E-state index contributed by atoms with van der Waals surface area (Å²) in [5.74, 6) is 2.87. The maximum Gasteiger partial charge on any atom is 0.164 e. The van der Waals surface area contributed by atoms with Crippen LogP contribution in [0.1, 0.15) is 31.7 Å². The number of ether oxygens (including phenoxy) is 1. The van der Waals surface area contributed by atoms with Gasteiger partial charge in [0.1, 0.15) is 29.3 Å². The Bertz CT molecular complexity index is 1290. The molecule has 0 bridgehead atoms. The molecule has 2 fully saturated rings. The van der Waals surface area contributed by atoms with Crippen LogP contribution >= 0.6 is 0 Å². The molecular weight excluding hydrogens is 450 g/mol. The van der Waals surface area contributed by atoms with Crippen LogP contribution in [0.4, 0.5) is 5.82 Å². The Balaban J connectivity index is 1.22. The van der Waals surface area contributed by atoms with Crippen LogP contribution in [0, 0.1) is 5.92 Å². The molecule has 0 amide bonds. The molecule has 2 aliphatic heterocycles. The van der Waals surface area contributed by atoms with Gasteiger partial charge in [-0.1, -0.05) is 18.2 Å². The van der Waals surface area contributed by atoms with Gasteiger partial charge in [0.05, 0.1) is 11.4 Å². The van der Waals surface area contributed by atoms with E-state index in [1.54, 1.807) is 6.33 Å². The predicted octanol–water partition coefficient (Wildman–Crippen LogP) is 4.50. The highest BCUT2D eigenvalue weighted by molar-refractivity contribution is 5.98. The van der Waals surface area contributed by atoms with Gasteiger partial charge in [0.15, 0.2) is 5.65 Å². The van der Waals surface area contributed by atoms with E-state index in [1.807, 2.05) is 54.6 Å². The zero-order valence-electron chi connectivity index (χ0n) is 20.5. The minimum Gasteiger partial charge on any atom is -0.457 e. The fourth-order valence-electron chi connectivity index (χ4n) is 5.53. The summed E-state index contributed by atoms with van der Waals surface area (Å²) in [6.07, 6.45) is 6.25. The Labute approximate surface area is 211 Å². The Morgan fingerprint density at radius 1 is 0.889 bits per heavy atom. The number of nitrogens with one attached hydrogen (secondary N) is 1. The van der Waals surface area contributed by atoms with E-state index in [0.29, 0.717) is 11.9 Å². The highest BCUT2D eigenvalue weighted by atomic mass is 16.5. The molecule has 2 aromatic heterocycles. The summed E-state index contributed by atoms with van der Waals surface area (Å²) in [5, 5.41) is 9.36. The van der Waals surface area contributed by atoms with Gasteiger partial charge >= 0.3 is 0 Å². The van der Waals surface area contributed by atoms with E-state index < -0.39 is 0 Å². The molecule has 0 atom stereocenters. The van der Waals surface area contributed by atoms with Crippen molar-refractivity contribution in [3.05, 3.63) is 60.9 Å². The lowest BCUT2D eigenvalue weighted by atomic mass is 9.96. The van der Waals surface area contributed by atoms with E-state index in [0.717, 1.165) is 78.7 Å². The van der Waals surface area contributed by atoms with Gasteiger partial charge in [0.2, 0.25) is 0 Å². The smallest absolute Gasteiger partial charge is 0.164 e. The Kier molecular flexibility index (Phi) is 6.53. The minimum absolute atomic E-state index is 0.306. The van der Waals surface area contributed by atoms with Crippen molar-refractivity contribution in [2.24, 2.45) is 5.92 Å². The molecule has 2 aliphatic rings. The van der Waals surface area contributed by atoms with Crippen molar-refractivity contribution < 1.29 is 4.74 Å². The molecule has 2 saturated heterocycles. The molecule has 2 aromatic carbocycles. The number of nitrogens with two attached hydrogens (primary N) is 1. The summed E-state index contributed by atoms with van der Waals surface area (Å²) in [7, 11) is 0. The van der Waals surface area contributed by atoms with Crippen molar-refractivity contribution >= 4 is 16.9 Å². The second-order valence-corrected chi connectivity index (χ2v) is 9.92. The van der Waals surface area contributed by atoms with Gasteiger partial charge in [-0.2, -0.15) is 5.10 Å². The molecule has 6 rings (SSSR count). The average Bonchev–Trinajstić information content (AvgIpc) is 3.32. The number of nitrogen functional groups attached to an aromatic ring is 1. The fraction of sp³-hybridized carbons (Fsp3) is 0.393. The third kappa shape index (κ3) is 4.79. The first-order valence-electron chi connectivity index (χ1n) is 13.0. The van der Waals surface area contributed by atoms with Crippen molar-refractivity contribution in [2.75, 3.05) is 38.5 Å². The Hall–Kier alpha value is -3.49. The zero-order chi connectivity index (χ0) is 24.3. The van der Waals surface area contributed by atoms with Gasteiger partial charge < -0.3 is 20.7 Å². The van der Waals surface area contributed by atoms with E-state index in [4.69, 9.17) is 15.6 Å². The monoisotopic (exact) mass is 483 g/mol. The molecular formula is C28H33N7O. The quantitative estimate of drug-likeness (QED) is 0.417. The van der Waals surface area contributed by atoms with Crippen molar-refractivity contribution in [3.63, 3.8) is 0 Å². The maximum atomic E-state index is 6.35. The normalized spacial score (nSPS) is 18.0. The first-order chi connectivity index (χ1) is 17.7. The third-order valence-electron chi connectivity index (χ3n) is 7.50. The van der Waals surface area contributed by atoms with E-state index in [9.17, 15) is 0 Å². The topological polar surface area (TPSA) is 94.1 Å². The molecule has 0 saturated carbocycles. The second-order valence-electron chi connectivity index (χ2n) is 9.92. The van der Waals surface area contributed by atoms with Gasteiger partial charge in [0.25, 0.3) is 0 Å². The van der Waals surface area contributed by atoms with Gasteiger partial charge in [-0.15, -0.1) is 0 Å². The van der Waals surface area contributed by atoms with Crippen LogP contribution in [0.2, 0.25) is 0 Å². The standard InChI is InChI=1S/C28H33N7O/c29-27-25-26(21-6-8-24(9-7-21)36-23-4-2-1-3-5-23)33-35(28(25)32-19-31-27)22-12-16-34(17-13-22)18-20-10-14-30-15-11-20/h1-9,19-20,22,30H,10-18H2,(H2,29,31,32). The van der Waals surface area contributed by atoms with E-state index in [2.05, 4.69) is 24.9 Å². The molecule has 186 valence electrons. The number of nitrogens with zero attached hydrogens (tertiary/aromatic N) is 5. The van der Waals surface area contributed by atoms with E-state index in [1.165, 1.54) is 19.4 Å². The van der Waals surface area contributed by atoms with Crippen molar-refractivity contribution in [1.29, 1.82) is 0 Å². The number of rotatable bonds is 6. The lowest BCUT2D eigenvalue weighted by molar-refractivity contribution is 0.147. The van der Waals surface area contributed by atoms with Crippen LogP contribution in [-0.4, -0.2) is 57.4 Å². The zero-order valence-corrected chi connectivity index (χ0v) is 20.5. The highest BCUT2D eigenvalue weighted by Crippen LogP contribution is 2.35. The van der Waals surface area contributed by atoms with Crippen molar-refractivity contribution in [2.45, 2.75) is 31.7 Å². The van der Waals surface area contributed by atoms with Crippen LogP contribution in [0.3, 0.4) is 0 Å². The van der Waals surface area contributed by atoms with Crippen LogP contribution in [0.25, 0.3) is 22.3 Å². The van der Waals surface area contributed by atoms with Gasteiger partial charge in [-0.25, -0.2) is 14.6 Å². The number of para-hydroxylation sites is 1. The third-order valence-corrected chi connectivity index (χ3v) is 7.50. The number of likely N-dealkylation sites (tertiary alicyclic amines) is 1. The minimum atomic E-state index is 0.306. The predicted molar refractivity (Wildman–Crippen MR) is 142 cm³/mol. The molecule has 4 heterocycles. The molecule has 4 aromatic rings. The van der Waals surface area contributed by atoms with E-state index in [-0.39, 0.29) is 0 Å². The molecule has 8 heteroatoms. The molecule has 3 N–H and O–H groups in total. The summed E-state index contributed by atoms with van der Waals surface area (Å²) in [6, 6.07) is 18.1. The number of hydrogen-bond acceptors (Lipinski definition) is 7. The number of aromatic nitrogens is 4. The Morgan fingerprint density at radius 2 is 1.61 bits per heavy atom. The molecule has 0 aliphatic carbocycles. The average molecular weight is 484 g/mol. The van der Waals surface area contributed by atoms with Crippen LogP contribution in [0.15, 0.2) is 60.9 Å². The highest BCUT2D eigenvalue weighted by Gasteiger charge is 2.27. The second kappa shape index (κ2) is 10.2. The molecule has 0 radical (unpaired) electrons. The summed E-state index contributed by atoms with van der Waals surface area (Å²) < 4.78 is 8.06. The molecule has 0 spiro atoms. The molecule has 0 unspecified atom stereocenters. The van der Waals surface area contributed by atoms with Crippen LogP contribution in [-0.2, 0) is 0 Å². The summed E-state index contributed by atoms with van der Waals surface area (Å²) in [6.45, 7) is 5.72. The summed E-state index contributed by atoms with van der Waals surface area (Å²) in [5.41, 5.74) is 8.97. The fourth-order valence-corrected chi connectivity index (χ4v) is 5.53. The van der Waals surface area contributed by atoms with Gasteiger partial charge in [0, 0.05) is 25.2 Å². The largest absolute Gasteiger partial charge is 0.457 e. The summed E-state index contributed by atoms with van der Waals surface area (Å²) >= 11 is 0. The maximum absolute atomic E-state index is 6.35. The van der Waals surface area contributed by atoms with Gasteiger partial charge in [-0.3, -0.25) is 0 Å². The van der Waals surface area contributed by atoms with Crippen LogP contribution < -0.4 is 15.8 Å². The number of hydrogen-bond donors (Lipinski definition) is 2. The lowest BCUT2D eigenvalue weighted by Crippen LogP contribution is -2.40. The van der Waals surface area contributed by atoms with E-state index >= 15 is 0 Å². The number of benzene rings is 2. The van der Waals surface area contributed by atoms with Crippen molar-refractivity contribution in [3.8, 4) is 22.8 Å². The number of anilines is 1. The van der Waals surface area contributed by atoms with Crippen molar-refractivity contribution in [1.82, 2.24) is 30.0 Å². The Morgan fingerprint density at radius 3 is 2.36 bits per heavy atom. The molecule has 36 heavy (non-hydrogen) atoms. The SMILES string of the molecule is Nc1ncnc2c1c(-c1ccc(Oc3ccccc3)cc1)nn2C1CCN(CC2CCNCC2)CC1. The number of fused-ring (bicyclic) bond motifs is 1. The first-order valence-corrected chi connectivity index (χ1v) is 13.0. The summed E-state index contributed by atoms with van der Waals surface area (Å²) in [4.78, 5) is 11.5. The molecule has 8 nitrogen and oxygen atoms in total. The first kappa shape index (κ1) is 22.9.